The number of hydrogen-bond acceptors (Lipinski definition) is 5. The molecule has 9 heteroatoms. The van der Waals surface area contributed by atoms with Crippen molar-refractivity contribution in [2.45, 2.75) is 13.1 Å². The second kappa shape index (κ2) is 7.51. The van der Waals surface area contributed by atoms with Crippen LogP contribution in [0.4, 0.5) is 5.69 Å². The number of methoxy groups -OCH3 is 1. The number of anilines is 1. The third-order valence-electron chi connectivity index (χ3n) is 3.58. The fourth-order valence-electron chi connectivity index (χ4n) is 2.38. The zero-order valence-corrected chi connectivity index (χ0v) is 14.0. The maximum Gasteiger partial charge on any atom is 0.338 e. The van der Waals surface area contributed by atoms with Crippen LogP contribution in [0.15, 0.2) is 49.1 Å². The van der Waals surface area contributed by atoms with Crippen molar-refractivity contribution in [1.29, 1.82) is 0 Å². The minimum Gasteiger partial charge on any atom is -0.497 e. The highest BCUT2D eigenvalue weighted by atomic mass is 16.5. The Morgan fingerprint density at radius 3 is 2.73 bits per heavy atom. The maximum absolute atomic E-state index is 12.0. The minimum absolute atomic E-state index is 0.0314. The summed E-state index contributed by atoms with van der Waals surface area (Å²) < 4.78 is 8.15. The molecule has 0 radical (unpaired) electrons. The van der Waals surface area contributed by atoms with Crippen LogP contribution in [-0.4, -0.2) is 43.7 Å². The summed E-state index contributed by atoms with van der Waals surface area (Å²) in [5.74, 6) is -0.649. The highest BCUT2D eigenvalue weighted by Gasteiger charge is 2.10. The molecule has 0 saturated carbocycles. The van der Waals surface area contributed by atoms with E-state index in [0.29, 0.717) is 12.2 Å². The summed E-state index contributed by atoms with van der Waals surface area (Å²) in [6.07, 6.45) is 5.75. The van der Waals surface area contributed by atoms with E-state index >= 15 is 0 Å². The first-order valence-electron chi connectivity index (χ1n) is 7.74. The van der Waals surface area contributed by atoms with Gasteiger partial charge in [-0.15, -0.1) is 0 Å². The van der Waals surface area contributed by atoms with Gasteiger partial charge < -0.3 is 15.2 Å². The molecule has 2 N–H and O–H groups in total. The number of benzene rings is 1. The molecule has 1 aromatic carbocycles. The molecule has 0 unspecified atom stereocenters. The Hall–Kier alpha value is -3.62. The lowest BCUT2D eigenvalue weighted by Crippen LogP contribution is -2.18. The lowest BCUT2D eigenvalue weighted by Gasteiger charge is -2.05. The van der Waals surface area contributed by atoms with E-state index in [1.54, 1.807) is 24.2 Å². The fraction of sp³-hybridized carbons (Fsp3) is 0.176. The molecule has 0 aliphatic carbocycles. The fourth-order valence-corrected chi connectivity index (χ4v) is 2.38. The molecule has 9 nitrogen and oxygen atoms in total. The van der Waals surface area contributed by atoms with Crippen molar-refractivity contribution in [3.05, 3.63) is 60.2 Å². The highest BCUT2D eigenvalue weighted by Crippen LogP contribution is 2.14. The predicted octanol–water partition coefficient (Wildman–Crippen LogP) is 1.47. The van der Waals surface area contributed by atoms with Gasteiger partial charge in [-0.3, -0.25) is 14.2 Å². The van der Waals surface area contributed by atoms with Crippen LogP contribution >= 0.6 is 0 Å². The van der Waals surface area contributed by atoms with Gasteiger partial charge in [-0.2, -0.15) is 10.2 Å². The van der Waals surface area contributed by atoms with Gasteiger partial charge in [-0.25, -0.2) is 4.79 Å². The van der Waals surface area contributed by atoms with Gasteiger partial charge in [0.15, 0.2) is 0 Å². The van der Waals surface area contributed by atoms with Crippen LogP contribution in [0.2, 0.25) is 0 Å². The van der Waals surface area contributed by atoms with E-state index in [4.69, 9.17) is 9.84 Å². The van der Waals surface area contributed by atoms with Gasteiger partial charge in [0.25, 0.3) is 0 Å². The van der Waals surface area contributed by atoms with Crippen LogP contribution in [-0.2, 0) is 17.9 Å². The van der Waals surface area contributed by atoms with E-state index in [1.807, 2.05) is 24.3 Å². The highest BCUT2D eigenvalue weighted by molar-refractivity contribution is 5.90. The molecular formula is C17H17N5O4. The number of aromatic carboxylic acids is 1. The van der Waals surface area contributed by atoms with Crippen molar-refractivity contribution in [1.82, 2.24) is 19.6 Å². The molecule has 2 aromatic heterocycles. The van der Waals surface area contributed by atoms with Crippen molar-refractivity contribution in [2.24, 2.45) is 0 Å². The number of aromatic nitrogens is 4. The van der Waals surface area contributed by atoms with E-state index < -0.39 is 5.97 Å². The van der Waals surface area contributed by atoms with E-state index in [9.17, 15) is 9.59 Å². The quantitative estimate of drug-likeness (QED) is 0.664. The third-order valence-corrected chi connectivity index (χ3v) is 3.58. The second-order valence-electron chi connectivity index (χ2n) is 5.56. The smallest absolute Gasteiger partial charge is 0.338 e. The number of amides is 1. The standard InChI is InChI=1S/C17H17N5O4/c1-26-15-4-2-3-12(5-15)8-21-10-14(7-19-21)20-16(23)11-22-9-13(6-18-22)17(24)25/h2-7,9-10H,8,11H2,1H3,(H,20,23)(H,24,25). The Balaban J connectivity index is 1.58. The molecule has 3 aromatic rings. The molecule has 0 bridgehead atoms. The number of nitrogens with one attached hydrogen (secondary N) is 1. The zero-order valence-electron chi connectivity index (χ0n) is 14.0. The summed E-state index contributed by atoms with van der Waals surface area (Å²) in [6, 6.07) is 7.64. The lowest BCUT2D eigenvalue weighted by molar-refractivity contribution is -0.116. The maximum atomic E-state index is 12.0. The number of hydrogen-bond donors (Lipinski definition) is 2. The Labute approximate surface area is 148 Å². The summed E-state index contributed by atoms with van der Waals surface area (Å²) in [5.41, 5.74) is 1.59. The van der Waals surface area contributed by atoms with Crippen LogP contribution in [0, 0.1) is 0 Å². The second-order valence-corrected chi connectivity index (χ2v) is 5.56. The number of nitrogens with zero attached hydrogens (tertiary/aromatic N) is 4. The monoisotopic (exact) mass is 355 g/mol. The zero-order chi connectivity index (χ0) is 18.5. The van der Waals surface area contributed by atoms with Gasteiger partial charge in [-0.1, -0.05) is 12.1 Å². The van der Waals surface area contributed by atoms with Crippen LogP contribution < -0.4 is 10.1 Å². The topological polar surface area (TPSA) is 111 Å². The van der Waals surface area contributed by atoms with Gasteiger partial charge in [0, 0.05) is 12.4 Å². The Morgan fingerprint density at radius 2 is 2.00 bits per heavy atom. The normalized spacial score (nSPS) is 10.5. The Kier molecular flexibility index (Phi) is 4.97. The molecule has 0 spiro atoms. The van der Waals surface area contributed by atoms with Gasteiger partial charge in [0.05, 0.1) is 37.3 Å². The number of rotatable bonds is 7. The van der Waals surface area contributed by atoms with Crippen molar-refractivity contribution in [3.8, 4) is 5.75 Å². The number of carbonyl (C=O) groups excluding carboxylic acids is 1. The van der Waals surface area contributed by atoms with Gasteiger partial charge >= 0.3 is 5.97 Å². The van der Waals surface area contributed by atoms with E-state index in [-0.39, 0.29) is 18.0 Å². The van der Waals surface area contributed by atoms with Crippen LogP contribution in [0.5, 0.6) is 5.75 Å². The van der Waals surface area contributed by atoms with Gasteiger partial charge in [-0.05, 0) is 17.7 Å². The van der Waals surface area contributed by atoms with E-state index in [1.165, 1.54) is 17.1 Å². The van der Waals surface area contributed by atoms with Crippen molar-refractivity contribution < 1.29 is 19.4 Å². The first kappa shape index (κ1) is 17.2. The molecule has 0 aliphatic heterocycles. The molecule has 2 heterocycles. The van der Waals surface area contributed by atoms with Crippen molar-refractivity contribution >= 4 is 17.6 Å². The predicted molar refractivity (Wildman–Crippen MR) is 92.1 cm³/mol. The SMILES string of the molecule is COc1cccc(Cn2cc(NC(=O)Cn3cc(C(=O)O)cn3)cn2)c1. The molecule has 3 rings (SSSR count). The number of carboxylic acid groups (broad SMARTS) is 1. The Morgan fingerprint density at radius 1 is 1.19 bits per heavy atom. The number of ether oxygens (including phenoxy) is 1. The largest absolute Gasteiger partial charge is 0.497 e. The number of carbonyl (C=O) groups is 2. The summed E-state index contributed by atoms with van der Waals surface area (Å²) in [5, 5.41) is 19.6. The summed E-state index contributed by atoms with van der Waals surface area (Å²) >= 11 is 0. The summed E-state index contributed by atoms with van der Waals surface area (Å²) in [7, 11) is 1.61. The number of carboxylic acids is 1. The van der Waals surface area contributed by atoms with E-state index in [0.717, 1.165) is 11.3 Å². The molecular weight excluding hydrogens is 338 g/mol. The van der Waals surface area contributed by atoms with Crippen LogP contribution in [0.3, 0.4) is 0 Å². The summed E-state index contributed by atoms with van der Waals surface area (Å²) in [4.78, 5) is 22.9. The average Bonchev–Trinajstić information content (AvgIpc) is 3.25. The molecule has 134 valence electrons. The van der Waals surface area contributed by atoms with Crippen LogP contribution in [0.25, 0.3) is 0 Å². The van der Waals surface area contributed by atoms with Gasteiger partial charge in [0.1, 0.15) is 12.3 Å². The molecule has 1 amide bonds. The first-order valence-corrected chi connectivity index (χ1v) is 7.74. The molecule has 0 aliphatic rings. The molecule has 26 heavy (non-hydrogen) atoms. The average molecular weight is 355 g/mol. The molecule has 0 fully saturated rings. The van der Waals surface area contributed by atoms with Crippen LogP contribution in [0.1, 0.15) is 15.9 Å². The minimum atomic E-state index is -1.09. The van der Waals surface area contributed by atoms with E-state index in [2.05, 4.69) is 15.5 Å². The van der Waals surface area contributed by atoms with Crippen molar-refractivity contribution in [3.63, 3.8) is 0 Å². The van der Waals surface area contributed by atoms with Gasteiger partial charge in [0.2, 0.25) is 5.91 Å². The first-order chi connectivity index (χ1) is 12.5. The Bertz CT molecular complexity index is 931. The molecule has 0 atom stereocenters. The van der Waals surface area contributed by atoms with Crippen molar-refractivity contribution in [2.75, 3.05) is 12.4 Å². The molecule has 0 saturated heterocycles. The third kappa shape index (κ3) is 4.26. The summed E-state index contributed by atoms with van der Waals surface area (Å²) in [6.45, 7) is 0.447. The lowest BCUT2D eigenvalue weighted by atomic mass is 10.2.